The normalized spacial score (nSPS) is 16.4. The van der Waals surface area contributed by atoms with Crippen LogP contribution in [0.25, 0.3) is 10.9 Å². The molecular weight excluding hydrogens is 386 g/mol. The zero-order valence-corrected chi connectivity index (χ0v) is 16.0. The molecule has 2 heterocycles. The van der Waals surface area contributed by atoms with Gasteiger partial charge < -0.3 is 10.3 Å². The van der Waals surface area contributed by atoms with Crippen LogP contribution in [0.5, 0.6) is 0 Å². The molecule has 0 spiro atoms. The van der Waals surface area contributed by atoms with Crippen LogP contribution in [-0.4, -0.2) is 31.6 Å². The summed E-state index contributed by atoms with van der Waals surface area (Å²) in [7, 11) is -3.32. The van der Waals surface area contributed by atoms with Crippen molar-refractivity contribution in [2.75, 3.05) is 21.9 Å². The van der Waals surface area contributed by atoms with Crippen molar-refractivity contribution in [1.29, 1.82) is 0 Å². The summed E-state index contributed by atoms with van der Waals surface area (Å²) >= 11 is 6.31. The number of carbonyl (C=O) groups is 1. The second-order valence-corrected chi connectivity index (χ2v) is 8.88. The third-order valence-electron chi connectivity index (χ3n) is 4.68. The molecule has 1 aromatic heterocycles. The van der Waals surface area contributed by atoms with Crippen LogP contribution in [0.15, 0.2) is 48.7 Å². The predicted octanol–water partition coefficient (Wildman–Crippen LogP) is 4.00. The van der Waals surface area contributed by atoms with Crippen LogP contribution in [0.2, 0.25) is 5.02 Å². The van der Waals surface area contributed by atoms with Crippen molar-refractivity contribution in [1.82, 2.24) is 4.98 Å². The van der Waals surface area contributed by atoms with E-state index in [-0.39, 0.29) is 16.7 Å². The quantitative estimate of drug-likeness (QED) is 0.693. The van der Waals surface area contributed by atoms with Gasteiger partial charge in [-0.25, -0.2) is 8.42 Å². The van der Waals surface area contributed by atoms with E-state index >= 15 is 0 Å². The molecule has 140 valence electrons. The first-order valence-electron chi connectivity index (χ1n) is 8.63. The number of sulfonamides is 1. The highest BCUT2D eigenvalue weighted by molar-refractivity contribution is 7.92. The Morgan fingerprint density at radius 2 is 2.00 bits per heavy atom. The van der Waals surface area contributed by atoms with Gasteiger partial charge >= 0.3 is 0 Å². The monoisotopic (exact) mass is 403 g/mol. The fourth-order valence-corrected chi connectivity index (χ4v) is 5.20. The number of halogens is 1. The Hall–Kier alpha value is -2.51. The van der Waals surface area contributed by atoms with Gasteiger partial charge in [0.1, 0.15) is 0 Å². The summed E-state index contributed by atoms with van der Waals surface area (Å²) in [5, 5.41) is 3.98. The van der Waals surface area contributed by atoms with Crippen molar-refractivity contribution in [2.45, 2.75) is 12.8 Å². The van der Waals surface area contributed by atoms with Crippen LogP contribution in [0, 0.1) is 0 Å². The standard InChI is InChI=1S/C19H18ClN3O3S/c20-16-12-13(23-10-1-2-11-27(23,25)26)6-7-14(16)19(24)22-18-5-3-4-17-15(18)8-9-21-17/h3-9,12,21H,1-2,10-11H2,(H,22,24). The summed E-state index contributed by atoms with van der Waals surface area (Å²) < 4.78 is 25.9. The lowest BCUT2D eigenvalue weighted by Crippen LogP contribution is -2.37. The first-order chi connectivity index (χ1) is 13.0. The summed E-state index contributed by atoms with van der Waals surface area (Å²) in [5.41, 5.74) is 2.38. The smallest absolute Gasteiger partial charge is 0.257 e. The third-order valence-corrected chi connectivity index (χ3v) is 6.86. The summed E-state index contributed by atoms with van der Waals surface area (Å²) in [5.74, 6) is -0.213. The largest absolute Gasteiger partial charge is 0.361 e. The maximum atomic E-state index is 12.7. The van der Waals surface area contributed by atoms with Crippen molar-refractivity contribution < 1.29 is 13.2 Å². The Morgan fingerprint density at radius 3 is 2.78 bits per heavy atom. The van der Waals surface area contributed by atoms with Crippen molar-refractivity contribution in [3.05, 3.63) is 59.2 Å². The minimum absolute atomic E-state index is 0.132. The summed E-state index contributed by atoms with van der Waals surface area (Å²) in [6.45, 7) is 0.430. The lowest BCUT2D eigenvalue weighted by Gasteiger charge is -2.28. The molecule has 0 atom stereocenters. The summed E-state index contributed by atoms with van der Waals surface area (Å²) in [6, 6.07) is 12.2. The number of nitrogens with zero attached hydrogens (tertiary/aromatic N) is 1. The number of aromatic amines is 1. The third kappa shape index (κ3) is 3.40. The van der Waals surface area contributed by atoms with Crippen LogP contribution in [-0.2, 0) is 10.0 Å². The molecule has 0 unspecified atom stereocenters. The van der Waals surface area contributed by atoms with Gasteiger partial charge in [0.05, 0.1) is 27.7 Å². The average Bonchev–Trinajstić information content (AvgIpc) is 3.11. The Bertz CT molecular complexity index is 1120. The fourth-order valence-electron chi connectivity index (χ4n) is 3.31. The van der Waals surface area contributed by atoms with Gasteiger partial charge in [-0.1, -0.05) is 17.7 Å². The Morgan fingerprint density at radius 1 is 1.15 bits per heavy atom. The van der Waals surface area contributed by atoms with Crippen LogP contribution in [0.1, 0.15) is 23.2 Å². The number of hydrogen-bond donors (Lipinski definition) is 2. The van der Waals surface area contributed by atoms with E-state index < -0.39 is 10.0 Å². The molecule has 0 radical (unpaired) electrons. The molecule has 4 rings (SSSR count). The van der Waals surface area contributed by atoms with Gasteiger partial charge in [0, 0.05) is 23.6 Å². The molecule has 1 saturated heterocycles. The molecule has 3 aromatic rings. The zero-order chi connectivity index (χ0) is 19.0. The Balaban J connectivity index is 1.61. The minimum atomic E-state index is -3.32. The number of hydrogen-bond acceptors (Lipinski definition) is 3. The van der Waals surface area contributed by atoms with Crippen LogP contribution < -0.4 is 9.62 Å². The number of aromatic nitrogens is 1. The molecule has 0 saturated carbocycles. The van der Waals surface area contributed by atoms with Crippen molar-refractivity contribution >= 4 is 49.8 Å². The highest BCUT2D eigenvalue weighted by Gasteiger charge is 2.26. The zero-order valence-electron chi connectivity index (χ0n) is 14.4. The number of H-pyrrole nitrogens is 1. The first-order valence-corrected chi connectivity index (χ1v) is 10.6. The topological polar surface area (TPSA) is 82.3 Å². The molecule has 2 aromatic carbocycles. The van der Waals surface area contributed by atoms with Gasteiger partial charge in [0.25, 0.3) is 5.91 Å². The number of anilines is 2. The number of carbonyl (C=O) groups excluding carboxylic acids is 1. The van der Waals surface area contributed by atoms with Crippen molar-refractivity contribution in [2.24, 2.45) is 0 Å². The van der Waals surface area contributed by atoms with Crippen molar-refractivity contribution in [3.8, 4) is 0 Å². The van der Waals surface area contributed by atoms with E-state index in [2.05, 4.69) is 10.3 Å². The van der Waals surface area contributed by atoms with Gasteiger partial charge in [0.15, 0.2) is 0 Å². The first kappa shape index (κ1) is 17.9. The van der Waals surface area contributed by atoms with Crippen molar-refractivity contribution in [3.63, 3.8) is 0 Å². The average molecular weight is 404 g/mol. The second-order valence-electron chi connectivity index (χ2n) is 6.46. The molecular formula is C19H18ClN3O3S. The maximum absolute atomic E-state index is 12.7. The van der Waals surface area contributed by atoms with Gasteiger partial charge in [-0.3, -0.25) is 9.10 Å². The van der Waals surface area contributed by atoms with Crippen LogP contribution in [0.4, 0.5) is 11.4 Å². The number of benzene rings is 2. The molecule has 1 amide bonds. The molecule has 1 aliphatic rings. The van der Waals surface area contributed by atoms with E-state index in [1.807, 2.05) is 24.3 Å². The molecule has 0 bridgehead atoms. The van der Waals surface area contributed by atoms with E-state index in [0.29, 0.717) is 29.9 Å². The Labute approximate surface area is 162 Å². The molecule has 27 heavy (non-hydrogen) atoms. The number of fused-ring (bicyclic) bond motifs is 1. The number of nitrogens with one attached hydrogen (secondary N) is 2. The van der Waals surface area contributed by atoms with E-state index in [1.165, 1.54) is 10.4 Å². The van der Waals surface area contributed by atoms with E-state index in [9.17, 15) is 13.2 Å². The van der Waals surface area contributed by atoms with Gasteiger partial charge in [0.2, 0.25) is 10.0 Å². The highest BCUT2D eigenvalue weighted by atomic mass is 35.5. The lowest BCUT2D eigenvalue weighted by atomic mass is 10.1. The molecule has 8 heteroatoms. The molecule has 2 N–H and O–H groups in total. The molecule has 6 nitrogen and oxygen atoms in total. The maximum Gasteiger partial charge on any atom is 0.257 e. The minimum Gasteiger partial charge on any atom is -0.361 e. The summed E-state index contributed by atoms with van der Waals surface area (Å²) in [6.07, 6.45) is 3.28. The number of amides is 1. The lowest BCUT2D eigenvalue weighted by molar-refractivity contribution is 0.102. The molecule has 1 fully saturated rings. The van der Waals surface area contributed by atoms with Crippen LogP contribution in [0.3, 0.4) is 0 Å². The van der Waals surface area contributed by atoms with E-state index in [1.54, 1.807) is 18.3 Å². The van der Waals surface area contributed by atoms with Gasteiger partial charge in [-0.2, -0.15) is 0 Å². The fraction of sp³-hybridized carbons (Fsp3) is 0.211. The van der Waals surface area contributed by atoms with E-state index in [4.69, 9.17) is 11.6 Å². The predicted molar refractivity (Wildman–Crippen MR) is 108 cm³/mol. The van der Waals surface area contributed by atoms with E-state index in [0.717, 1.165) is 17.3 Å². The number of rotatable bonds is 3. The molecule has 1 aliphatic heterocycles. The highest BCUT2D eigenvalue weighted by Crippen LogP contribution is 2.29. The SMILES string of the molecule is O=C(Nc1cccc2[nH]ccc12)c1ccc(N2CCCCS2(=O)=O)cc1Cl. The summed E-state index contributed by atoms with van der Waals surface area (Å²) in [4.78, 5) is 15.8. The Kier molecular flexibility index (Phi) is 4.57. The van der Waals surface area contributed by atoms with Gasteiger partial charge in [-0.05, 0) is 49.2 Å². The second kappa shape index (κ2) is 6.90. The molecule has 0 aliphatic carbocycles. The van der Waals surface area contributed by atoms with Crippen LogP contribution >= 0.6 is 11.6 Å². The van der Waals surface area contributed by atoms with Gasteiger partial charge in [-0.15, -0.1) is 0 Å².